The number of aromatic nitrogens is 1. The van der Waals surface area contributed by atoms with Gasteiger partial charge in [0.15, 0.2) is 0 Å². The first-order valence-electron chi connectivity index (χ1n) is 6.21. The Labute approximate surface area is 118 Å². The molecule has 0 bridgehead atoms. The van der Waals surface area contributed by atoms with Gasteiger partial charge in [-0.25, -0.2) is 9.18 Å². The van der Waals surface area contributed by atoms with Gasteiger partial charge in [-0.2, -0.15) is 0 Å². The van der Waals surface area contributed by atoms with Gasteiger partial charge >= 0.3 is 5.97 Å². The molecule has 0 aliphatic rings. The Balaban J connectivity index is 2.22. The van der Waals surface area contributed by atoms with E-state index in [1.807, 2.05) is 0 Å². The highest BCUT2D eigenvalue weighted by Crippen LogP contribution is 2.25. The number of carboxylic acid groups (broad SMARTS) is 1. The van der Waals surface area contributed by atoms with Gasteiger partial charge in [0, 0.05) is 11.1 Å². The SMILES string of the molecule is O=C(O)c1cc2ccc(-c3ccccc3F)cc2[nH]c1=O. The fourth-order valence-electron chi connectivity index (χ4n) is 2.22. The summed E-state index contributed by atoms with van der Waals surface area (Å²) in [6, 6.07) is 12.6. The van der Waals surface area contributed by atoms with Crippen LogP contribution in [-0.4, -0.2) is 16.1 Å². The van der Waals surface area contributed by atoms with E-state index in [0.29, 0.717) is 22.0 Å². The second-order valence-corrected chi connectivity index (χ2v) is 4.60. The van der Waals surface area contributed by atoms with Gasteiger partial charge in [-0.1, -0.05) is 30.3 Å². The Kier molecular flexibility index (Phi) is 3.02. The van der Waals surface area contributed by atoms with Crippen molar-refractivity contribution in [1.29, 1.82) is 0 Å². The molecule has 4 nitrogen and oxygen atoms in total. The van der Waals surface area contributed by atoms with Crippen LogP contribution in [0.5, 0.6) is 0 Å². The number of pyridine rings is 1. The van der Waals surface area contributed by atoms with Crippen molar-refractivity contribution in [2.24, 2.45) is 0 Å². The van der Waals surface area contributed by atoms with Gasteiger partial charge in [-0.15, -0.1) is 0 Å². The third-order valence-corrected chi connectivity index (χ3v) is 3.26. The molecule has 21 heavy (non-hydrogen) atoms. The first-order valence-corrected chi connectivity index (χ1v) is 6.21. The molecule has 2 N–H and O–H groups in total. The minimum absolute atomic E-state index is 0.318. The second kappa shape index (κ2) is 4.86. The van der Waals surface area contributed by atoms with E-state index in [1.54, 1.807) is 36.4 Å². The number of benzene rings is 2. The van der Waals surface area contributed by atoms with Crippen molar-refractivity contribution < 1.29 is 14.3 Å². The molecule has 0 aliphatic carbocycles. The summed E-state index contributed by atoms with van der Waals surface area (Å²) in [7, 11) is 0. The van der Waals surface area contributed by atoms with E-state index < -0.39 is 11.5 Å². The lowest BCUT2D eigenvalue weighted by Crippen LogP contribution is -2.16. The molecule has 5 heteroatoms. The quantitative estimate of drug-likeness (QED) is 0.759. The summed E-state index contributed by atoms with van der Waals surface area (Å²) in [5.41, 5.74) is 0.495. The number of fused-ring (bicyclic) bond motifs is 1. The maximum atomic E-state index is 13.8. The van der Waals surface area contributed by atoms with Gasteiger partial charge in [-0.05, 0) is 29.1 Å². The standard InChI is InChI=1S/C16H10FNO3/c17-13-4-2-1-3-11(13)9-5-6-10-7-12(16(20)21)15(19)18-14(10)8-9/h1-8H,(H,18,19)(H,20,21). The predicted octanol–water partition coefficient (Wildman–Crippen LogP) is 3.03. The molecule has 0 saturated carbocycles. The molecule has 2 aromatic carbocycles. The predicted molar refractivity (Wildman–Crippen MR) is 76.9 cm³/mol. The lowest BCUT2D eigenvalue weighted by atomic mass is 10.0. The van der Waals surface area contributed by atoms with Crippen LogP contribution in [-0.2, 0) is 0 Å². The first kappa shape index (κ1) is 13.1. The fourth-order valence-corrected chi connectivity index (χ4v) is 2.22. The summed E-state index contributed by atoms with van der Waals surface area (Å²) in [4.78, 5) is 25.1. The van der Waals surface area contributed by atoms with Gasteiger partial charge in [0.1, 0.15) is 11.4 Å². The number of nitrogens with one attached hydrogen (secondary N) is 1. The van der Waals surface area contributed by atoms with Crippen LogP contribution in [0.25, 0.3) is 22.0 Å². The van der Waals surface area contributed by atoms with Crippen LogP contribution in [0.2, 0.25) is 0 Å². The molecule has 1 heterocycles. The summed E-state index contributed by atoms with van der Waals surface area (Å²) < 4.78 is 13.8. The van der Waals surface area contributed by atoms with Gasteiger partial charge in [0.2, 0.25) is 0 Å². The van der Waals surface area contributed by atoms with Gasteiger partial charge in [0.05, 0.1) is 0 Å². The maximum absolute atomic E-state index is 13.8. The number of aromatic carboxylic acids is 1. The topological polar surface area (TPSA) is 70.2 Å². The third-order valence-electron chi connectivity index (χ3n) is 3.26. The number of carboxylic acids is 1. The highest BCUT2D eigenvalue weighted by Gasteiger charge is 2.11. The van der Waals surface area contributed by atoms with Crippen molar-refractivity contribution in [3.05, 3.63) is 70.3 Å². The molecule has 0 radical (unpaired) electrons. The van der Waals surface area contributed by atoms with Crippen molar-refractivity contribution >= 4 is 16.9 Å². The maximum Gasteiger partial charge on any atom is 0.341 e. The minimum atomic E-state index is -1.28. The minimum Gasteiger partial charge on any atom is -0.477 e. The molecule has 0 fully saturated rings. The van der Waals surface area contributed by atoms with E-state index in [4.69, 9.17) is 5.11 Å². The number of rotatable bonds is 2. The van der Waals surface area contributed by atoms with Crippen LogP contribution < -0.4 is 5.56 Å². The zero-order valence-electron chi connectivity index (χ0n) is 10.8. The van der Waals surface area contributed by atoms with Crippen LogP contribution in [0.3, 0.4) is 0 Å². The molecule has 3 rings (SSSR count). The summed E-state index contributed by atoms with van der Waals surface area (Å²) in [6.45, 7) is 0. The molecule has 0 aliphatic heterocycles. The summed E-state index contributed by atoms with van der Waals surface area (Å²) in [5.74, 6) is -1.64. The molecule has 3 aromatic rings. The highest BCUT2D eigenvalue weighted by atomic mass is 19.1. The fraction of sp³-hybridized carbons (Fsp3) is 0. The van der Waals surface area contributed by atoms with Crippen LogP contribution in [0.4, 0.5) is 4.39 Å². The zero-order chi connectivity index (χ0) is 15.0. The van der Waals surface area contributed by atoms with E-state index in [0.717, 1.165) is 0 Å². The first-order chi connectivity index (χ1) is 10.1. The summed E-state index contributed by atoms with van der Waals surface area (Å²) >= 11 is 0. The highest BCUT2D eigenvalue weighted by molar-refractivity contribution is 5.93. The second-order valence-electron chi connectivity index (χ2n) is 4.60. The molecule has 104 valence electrons. The zero-order valence-corrected chi connectivity index (χ0v) is 10.8. The molecule has 1 aromatic heterocycles. The third kappa shape index (κ3) is 2.29. The van der Waals surface area contributed by atoms with E-state index >= 15 is 0 Å². The monoisotopic (exact) mass is 283 g/mol. The number of hydrogen-bond donors (Lipinski definition) is 2. The Morgan fingerprint density at radius 2 is 1.86 bits per heavy atom. The Hall–Kier alpha value is -2.95. The van der Waals surface area contributed by atoms with Crippen molar-refractivity contribution in [3.63, 3.8) is 0 Å². The smallest absolute Gasteiger partial charge is 0.341 e. The van der Waals surface area contributed by atoms with Crippen molar-refractivity contribution in [1.82, 2.24) is 4.98 Å². The van der Waals surface area contributed by atoms with Crippen molar-refractivity contribution in [2.45, 2.75) is 0 Å². The number of aromatic amines is 1. The molecule has 0 saturated heterocycles. The van der Waals surface area contributed by atoms with Crippen LogP contribution in [0.1, 0.15) is 10.4 Å². The molecular weight excluding hydrogens is 273 g/mol. The van der Waals surface area contributed by atoms with Gasteiger partial charge in [0.25, 0.3) is 5.56 Å². The van der Waals surface area contributed by atoms with E-state index in [-0.39, 0.29) is 11.4 Å². The van der Waals surface area contributed by atoms with Crippen molar-refractivity contribution in [3.8, 4) is 11.1 Å². The molecule has 0 spiro atoms. The largest absolute Gasteiger partial charge is 0.477 e. The van der Waals surface area contributed by atoms with Gasteiger partial charge < -0.3 is 10.1 Å². The number of carbonyl (C=O) groups is 1. The van der Waals surface area contributed by atoms with Crippen LogP contribution >= 0.6 is 0 Å². The van der Waals surface area contributed by atoms with Crippen LogP contribution in [0.15, 0.2) is 53.3 Å². The normalized spacial score (nSPS) is 10.7. The number of H-pyrrole nitrogens is 1. The van der Waals surface area contributed by atoms with Crippen LogP contribution in [0, 0.1) is 5.82 Å². The summed E-state index contributed by atoms with van der Waals surface area (Å²) in [6.07, 6.45) is 0. The summed E-state index contributed by atoms with van der Waals surface area (Å²) in [5, 5.41) is 9.50. The molecular formula is C16H10FNO3. The molecule has 0 amide bonds. The Morgan fingerprint density at radius 3 is 2.57 bits per heavy atom. The van der Waals surface area contributed by atoms with Crippen molar-refractivity contribution in [2.75, 3.05) is 0 Å². The lowest BCUT2D eigenvalue weighted by Gasteiger charge is -2.06. The Morgan fingerprint density at radius 1 is 1.10 bits per heavy atom. The van der Waals surface area contributed by atoms with E-state index in [9.17, 15) is 14.0 Å². The molecule has 0 atom stereocenters. The molecule has 0 unspecified atom stereocenters. The lowest BCUT2D eigenvalue weighted by molar-refractivity contribution is 0.0695. The average molecular weight is 283 g/mol. The number of hydrogen-bond acceptors (Lipinski definition) is 2. The van der Waals surface area contributed by atoms with E-state index in [2.05, 4.69) is 4.98 Å². The average Bonchev–Trinajstić information content (AvgIpc) is 2.46. The Bertz CT molecular complexity index is 915. The number of halogens is 1. The van der Waals surface area contributed by atoms with Gasteiger partial charge in [-0.3, -0.25) is 4.79 Å². The van der Waals surface area contributed by atoms with E-state index in [1.165, 1.54) is 12.1 Å².